The number of nitriles is 1. The third-order valence-electron chi connectivity index (χ3n) is 6.18. The fourth-order valence-corrected chi connectivity index (χ4v) is 5.34. The number of carbonyl (C=O) groups is 2. The van der Waals surface area contributed by atoms with Crippen molar-refractivity contribution in [3.8, 4) is 17.6 Å². The number of anilines is 2. The van der Waals surface area contributed by atoms with Gasteiger partial charge in [0.2, 0.25) is 5.91 Å². The zero-order chi connectivity index (χ0) is 26.5. The van der Waals surface area contributed by atoms with E-state index in [0.717, 1.165) is 11.1 Å². The van der Waals surface area contributed by atoms with Crippen molar-refractivity contribution in [3.63, 3.8) is 0 Å². The highest BCUT2D eigenvalue weighted by atomic mass is 32.2. The van der Waals surface area contributed by atoms with Crippen LogP contribution in [0.15, 0.2) is 77.3 Å². The third kappa shape index (κ3) is 5.47. The van der Waals surface area contributed by atoms with E-state index in [1.165, 1.54) is 29.3 Å². The molecule has 0 aliphatic carbocycles. The summed E-state index contributed by atoms with van der Waals surface area (Å²) < 4.78 is 10.6. The average molecular weight is 514 g/mol. The predicted octanol–water partition coefficient (Wildman–Crippen LogP) is 5.39. The van der Waals surface area contributed by atoms with E-state index in [4.69, 9.17) is 9.47 Å². The van der Waals surface area contributed by atoms with Crippen LogP contribution in [-0.4, -0.2) is 31.3 Å². The average Bonchev–Trinajstić information content (AvgIpc) is 3.22. The molecule has 1 N–H and O–H groups in total. The number of para-hydroxylation sites is 2. The van der Waals surface area contributed by atoms with Crippen LogP contribution in [0.3, 0.4) is 0 Å². The summed E-state index contributed by atoms with van der Waals surface area (Å²) >= 11 is 1.23. The Morgan fingerprint density at radius 1 is 1.03 bits per heavy atom. The van der Waals surface area contributed by atoms with Crippen molar-refractivity contribution in [1.29, 1.82) is 5.26 Å². The van der Waals surface area contributed by atoms with E-state index in [-0.39, 0.29) is 11.5 Å². The van der Waals surface area contributed by atoms with Gasteiger partial charge in [0.05, 0.1) is 25.2 Å². The molecular formula is C29H27N3O4S. The number of nitrogens with zero attached hydrogens (tertiary/aromatic N) is 2. The van der Waals surface area contributed by atoms with Gasteiger partial charge in [-0.15, -0.1) is 0 Å². The Balaban J connectivity index is 1.74. The number of hydrogen-bond acceptors (Lipinski definition) is 6. The van der Waals surface area contributed by atoms with E-state index >= 15 is 0 Å². The number of aryl methyl sites for hydroxylation is 2. The summed E-state index contributed by atoms with van der Waals surface area (Å²) in [5.41, 5.74) is 4.16. The number of carbonyl (C=O) groups excluding carboxylic acids is 2. The van der Waals surface area contributed by atoms with Gasteiger partial charge in [-0.2, -0.15) is 5.26 Å². The summed E-state index contributed by atoms with van der Waals surface area (Å²) in [6, 6.07) is 22.0. The summed E-state index contributed by atoms with van der Waals surface area (Å²) in [5.74, 6) is 0.288. The minimum atomic E-state index is -0.618. The van der Waals surface area contributed by atoms with E-state index in [1.54, 1.807) is 55.6 Å². The highest BCUT2D eigenvalue weighted by Crippen LogP contribution is 2.42. The maximum atomic E-state index is 13.7. The van der Waals surface area contributed by atoms with Crippen LogP contribution in [0.1, 0.15) is 16.7 Å². The van der Waals surface area contributed by atoms with Crippen LogP contribution in [-0.2, 0) is 16.0 Å². The van der Waals surface area contributed by atoms with Crippen molar-refractivity contribution in [2.24, 2.45) is 0 Å². The molecule has 1 atom stereocenters. The van der Waals surface area contributed by atoms with E-state index in [2.05, 4.69) is 11.4 Å². The molecule has 1 aliphatic heterocycles. The monoisotopic (exact) mass is 513 g/mol. The number of hydrogen-bond donors (Lipinski definition) is 1. The van der Waals surface area contributed by atoms with Gasteiger partial charge in [0.15, 0.2) is 0 Å². The van der Waals surface area contributed by atoms with Crippen LogP contribution >= 0.6 is 11.8 Å². The Bertz CT molecular complexity index is 1410. The zero-order valence-corrected chi connectivity index (χ0v) is 21.9. The molecule has 8 heteroatoms. The molecule has 0 bridgehead atoms. The van der Waals surface area contributed by atoms with Gasteiger partial charge in [-0.3, -0.25) is 14.5 Å². The molecule has 1 aliphatic rings. The molecular weight excluding hydrogens is 486 g/mol. The predicted molar refractivity (Wildman–Crippen MR) is 146 cm³/mol. The molecule has 4 rings (SSSR count). The Labute approximate surface area is 220 Å². The summed E-state index contributed by atoms with van der Waals surface area (Å²) in [6.45, 7) is 4.08. The lowest BCUT2D eigenvalue weighted by Crippen LogP contribution is -2.31. The molecule has 1 heterocycles. The summed E-state index contributed by atoms with van der Waals surface area (Å²) in [6.07, 6.45) is 0.466. The molecule has 3 aromatic rings. The standard InChI is InChI=1S/C29H27N3O4S/c1-18-9-10-20(15-19(18)2)16-26-28(34)32(21-11-13-22(35-3)14-12-21)29(37-26)23(17-30)27(33)31-24-7-5-6-8-25(24)36-4/h5-15,26H,16H2,1-4H3,(H,31,33)/b29-23-. The molecule has 3 aromatic carbocycles. The maximum absolute atomic E-state index is 13.7. The van der Waals surface area contributed by atoms with Crippen LogP contribution in [0.25, 0.3) is 0 Å². The number of ether oxygens (including phenoxy) is 2. The summed E-state index contributed by atoms with van der Waals surface area (Å²) in [4.78, 5) is 28.5. The van der Waals surface area contributed by atoms with Crippen molar-refractivity contribution >= 4 is 35.0 Å². The number of amides is 2. The van der Waals surface area contributed by atoms with Gasteiger partial charge in [-0.25, -0.2) is 0 Å². The minimum absolute atomic E-state index is 0.150. The summed E-state index contributed by atoms with van der Waals surface area (Å²) in [5, 5.41) is 12.6. The highest BCUT2D eigenvalue weighted by Gasteiger charge is 2.41. The first kappa shape index (κ1) is 25.9. The topological polar surface area (TPSA) is 91.7 Å². The first-order valence-electron chi connectivity index (χ1n) is 11.7. The van der Waals surface area contributed by atoms with Gasteiger partial charge in [-0.05, 0) is 73.4 Å². The Hall–Kier alpha value is -4.22. The lowest BCUT2D eigenvalue weighted by Gasteiger charge is -2.19. The molecule has 0 saturated carbocycles. The van der Waals surface area contributed by atoms with Gasteiger partial charge in [-0.1, -0.05) is 42.1 Å². The fraction of sp³-hybridized carbons (Fsp3) is 0.207. The number of methoxy groups -OCH3 is 2. The summed E-state index contributed by atoms with van der Waals surface area (Å²) in [7, 11) is 3.07. The first-order chi connectivity index (χ1) is 17.9. The van der Waals surface area contributed by atoms with Crippen molar-refractivity contribution < 1.29 is 19.1 Å². The van der Waals surface area contributed by atoms with Gasteiger partial charge in [0, 0.05) is 5.69 Å². The molecule has 7 nitrogen and oxygen atoms in total. The molecule has 1 saturated heterocycles. The molecule has 0 spiro atoms. The second-order valence-corrected chi connectivity index (χ2v) is 9.74. The van der Waals surface area contributed by atoms with Crippen LogP contribution in [0.5, 0.6) is 11.5 Å². The lowest BCUT2D eigenvalue weighted by molar-refractivity contribution is -0.117. The molecule has 188 valence electrons. The second kappa shape index (κ2) is 11.2. The van der Waals surface area contributed by atoms with E-state index in [9.17, 15) is 14.9 Å². The lowest BCUT2D eigenvalue weighted by atomic mass is 10.0. The molecule has 0 radical (unpaired) electrons. The third-order valence-corrected chi connectivity index (χ3v) is 7.45. The number of benzene rings is 3. The maximum Gasteiger partial charge on any atom is 0.269 e. The van der Waals surface area contributed by atoms with Crippen LogP contribution in [0.4, 0.5) is 11.4 Å². The Morgan fingerprint density at radius 3 is 2.41 bits per heavy atom. The molecule has 1 fully saturated rings. The second-order valence-electron chi connectivity index (χ2n) is 8.55. The molecule has 2 amide bonds. The molecule has 0 aromatic heterocycles. The molecule has 37 heavy (non-hydrogen) atoms. The van der Waals surface area contributed by atoms with Gasteiger partial charge < -0.3 is 14.8 Å². The van der Waals surface area contributed by atoms with Crippen molar-refractivity contribution in [1.82, 2.24) is 0 Å². The van der Waals surface area contributed by atoms with Gasteiger partial charge >= 0.3 is 0 Å². The quantitative estimate of drug-likeness (QED) is 0.337. The highest BCUT2D eigenvalue weighted by molar-refractivity contribution is 8.05. The zero-order valence-electron chi connectivity index (χ0n) is 21.1. The van der Waals surface area contributed by atoms with E-state index < -0.39 is 11.2 Å². The number of thioether (sulfide) groups is 1. The SMILES string of the molecule is COc1ccc(N2C(=O)C(Cc3ccc(C)c(C)c3)S/C2=C(/C#N)C(=O)Nc2ccccc2OC)cc1. The largest absolute Gasteiger partial charge is 0.497 e. The molecule has 1 unspecified atom stereocenters. The van der Waals surface area contributed by atoms with E-state index in [0.29, 0.717) is 34.3 Å². The first-order valence-corrected chi connectivity index (χ1v) is 12.5. The Kier molecular flexibility index (Phi) is 7.85. The van der Waals surface area contributed by atoms with Crippen LogP contribution < -0.4 is 19.7 Å². The minimum Gasteiger partial charge on any atom is -0.497 e. The van der Waals surface area contributed by atoms with Gasteiger partial charge in [0.1, 0.15) is 28.2 Å². The van der Waals surface area contributed by atoms with Crippen LogP contribution in [0.2, 0.25) is 0 Å². The van der Waals surface area contributed by atoms with Gasteiger partial charge in [0.25, 0.3) is 5.91 Å². The number of nitrogens with one attached hydrogen (secondary N) is 1. The van der Waals surface area contributed by atoms with Crippen LogP contribution in [0, 0.1) is 25.2 Å². The van der Waals surface area contributed by atoms with Crippen molar-refractivity contribution in [2.45, 2.75) is 25.5 Å². The Morgan fingerprint density at radius 2 is 1.76 bits per heavy atom. The number of rotatable bonds is 7. The fourth-order valence-electron chi connectivity index (χ4n) is 4.03. The normalized spacial score (nSPS) is 16.2. The van der Waals surface area contributed by atoms with Crippen molar-refractivity contribution in [3.05, 3.63) is 94.0 Å². The van der Waals surface area contributed by atoms with E-state index in [1.807, 2.05) is 32.0 Å². The van der Waals surface area contributed by atoms with Crippen molar-refractivity contribution in [2.75, 3.05) is 24.4 Å². The smallest absolute Gasteiger partial charge is 0.269 e.